The van der Waals surface area contributed by atoms with Crippen molar-refractivity contribution in [3.8, 4) is 0 Å². The fourth-order valence-electron chi connectivity index (χ4n) is 3.85. The summed E-state index contributed by atoms with van der Waals surface area (Å²) in [6.45, 7) is 0. The predicted octanol–water partition coefficient (Wildman–Crippen LogP) is 2.78. The van der Waals surface area contributed by atoms with E-state index in [1.54, 1.807) is 24.3 Å². The molecule has 0 saturated heterocycles. The predicted molar refractivity (Wildman–Crippen MR) is 90.2 cm³/mol. The topological polar surface area (TPSA) is 95.3 Å². The van der Waals surface area contributed by atoms with Gasteiger partial charge in [-0.2, -0.15) is 0 Å². The molecule has 0 radical (unpaired) electrons. The highest BCUT2D eigenvalue weighted by atomic mass is 16.6. The summed E-state index contributed by atoms with van der Waals surface area (Å²) in [6.07, 6.45) is 5.09. The number of nitrogens with zero attached hydrogens (tertiary/aromatic N) is 1. The lowest BCUT2D eigenvalue weighted by Gasteiger charge is -2.37. The summed E-state index contributed by atoms with van der Waals surface area (Å²) < 4.78 is 0. The van der Waals surface area contributed by atoms with E-state index in [2.05, 4.69) is 17.5 Å². The summed E-state index contributed by atoms with van der Waals surface area (Å²) in [4.78, 5) is 21.6. The number of aromatic carboxylic acids is 1. The second-order valence-electron chi connectivity index (χ2n) is 6.41. The van der Waals surface area contributed by atoms with Gasteiger partial charge in [-0.15, -0.1) is 0 Å². The van der Waals surface area contributed by atoms with E-state index < -0.39 is 10.9 Å². The Morgan fingerprint density at radius 3 is 2.60 bits per heavy atom. The number of nitrogens with one attached hydrogen (secondary N) is 1. The lowest BCUT2D eigenvalue weighted by Crippen LogP contribution is -2.30. The SMILES string of the molecule is O=C([O-])c1ccc2c(c1)[C@H]1C=CC[C@H]1[C@H](c1ccc([N+](=O)[O-])cc1)N2. The first-order chi connectivity index (χ1) is 12.0. The molecule has 0 spiro atoms. The number of non-ortho nitro benzene ring substituents is 1. The Balaban J connectivity index is 1.72. The van der Waals surface area contributed by atoms with Crippen LogP contribution < -0.4 is 10.4 Å². The first kappa shape index (κ1) is 15.4. The summed E-state index contributed by atoms with van der Waals surface area (Å²) >= 11 is 0. The Kier molecular flexibility index (Phi) is 3.53. The summed E-state index contributed by atoms with van der Waals surface area (Å²) in [5.41, 5.74) is 3.08. The second-order valence-corrected chi connectivity index (χ2v) is 6.41. The van der Waals surface area contributed by atoms with Crippen LogP contribution in [-0.2, 0) is 0 Å². The van der Waals surface area contributed by atoms with Gasteiger partial charge < -0.3 is 15.2 Å². The van der Waals surface area contributed by atoms with Crippen molar-refractivity contribution in [2.75, 3.05) is 5.32 Å². The maximum Gasteiger partial charge on any atom is 0.269 e. The number of carboxylic acids is 1. The van der Waals surface area contributed by atoms with Gasteiger partial charge in [0.05, 0.1) is 16.9 Å². The van der Waals surface area contributed by atoms with Gasteiger partial charge in [-0.3, -0.25) is 10.1 Å². The third kappa shape index (κ3) is 2.55. The molecule has 2 aromatic rings. The van der Waals surface area contributed by atoms with E-state index in [9.17, 15) is 20.0 Å². The molecule has 0 fully saturated rings. The van der Waals surface area contributed by atoms with E-state index in [-0.39, 0.29) is 29.1 Å². The molecule has 126 valence electrons. The zero-order valence-electron chi connectivity index (χ0n) is 13.2. The maximum absolute atomic E-state index is 11.1. The maximum atomic E-state index is 11.1. The molecule has 1 aliphatic heterocycles. The fourth-order valence-corrected chi connectivity index (χ4v) is 3.85. The van der Waals surface area contributed by atoms with Crippen LogP contribution in [-0.4, -0.2) is 10.9 Å². The molecule has 0 aromatic heterocycles. The van der Waals surface area contributed by atoms with Crippen molar-refractivity contribution in [3.63, 3.8) is 0 Å². The molecule has 2 aromatic carbocycles. The van der Waals surface area contributed by atoms with Gasteiger partial charge in [0.2, 0.25) is 0 Å². The number of nitro groups is 1. The number of rotatable bonds is 3. The van der Waals surface area contributed by atoms with Gasteiger partial charge in [0.1, 0.15) is 0 Å². The van der Waals surface area contributed by atoms with Crippen LogP contribution in [0.4, 0.5) is 11.4 Å². The molecule has 1 N–H and O–H groups in total. The van der Waals surface area contributed by atoms with Crippen LogP contribution in [0, 0.1) is 16.0 Å². The molecule has 0 amide bonds. The molecule has 4 rings (SSSR count). The van der Waals surface area contributed by atoms with Crippen molar-refractivity contribution >= 4 is 17.3 Å². The number of carboxylic acid groups (broad SMARTS) is 1. The van der Waals surface area contributed by atoms with Gasteiger partial charge in [0.25, 0.3) is 5.69 Å². The smallest absolute Gasteiger partial charge is 0.269 e. The Labute approximate surface area is 144 Å². The van der Waals surface area contributed by atoms with E-state index in [0.717, 1.165) is 23.2 Å². The van der Waals surface area contributed by atoms with Gasteiger partial charge >= 0.3 is 0 Å². The molecular weight excluding hydrogens is 320 g/mol. The van der Waals surface area contributed by atoms with Gasteiger partial charge in [-0.1, -0.05) is 30.4 Å². The van der Waals surface area contributed by atoms with Crippen molar-refractivity contribution in [1.82, 2.24) is 0 Å². The van der Waals surface area contributed by atoms with Crippen LogP contribution >= 0.6 is 0 Å². The number of nitro benzene ring substituents is 1. The van der Waals surface area contributed by atoms with Crippen molar-refractivity contribution < 1.29 is 14.8 Å². The van der Waals surface area contributed by atoms with Crippen molar-refractivity contribution in [3.05, 3.63) is 81.4 Å². The molecule has 0 unspecified atom stereocenters. The quantitative estimate of drug-likeness (QED) is 0.529. The number of allylic oxidation sites excluding steroid dienone is 2. The van der Waals surface area contributed by atoms with Gasteiger partial charge in [-0.25, -0.2) is 0 Å². The van der Waals surface area contributed by atoms with Crippen molar-refractivity contribution in [2.24, 2.45) is 5.92 Å². The highest BCUT2D eigenvalue weighted by molar-refractivity contribution is 5.87. The minimum Gasteiger partial charge on any atom is -0.545 e. The van der Waals surface area contributed by atoms with Gasteiger partial charge in [0, 0.05) is 23.7 Å². The zero-order chi connectivity index (χ0) is 17.6. The molecular formula is C19H15N2O4-. The number of hydrogen-bond donors (Lipinski definition) is 1. The number of carbonyl (C=O) groups is 1. The van der Waals surface area contributed by atoms with E-state index >= 15 is 0 Å². The van der Waals surface area contributed by atoms with E-state index in [0.29, 0.717) is 0 Å². The molecule has 1 aliphatic carbocycles. The third-order valence-corrected chi connectivity index (χ3v) is 5.06. The molecule has 6 heteroatoms. The lowest BCUT2D eigenvalue weighted by atomic mass is 9.76. The minimum absolute atomic E-state index is 0.0158. The number of hydrogen-bond acceptors (Lipinski definition) is 5. The van der Waals surface area contributed by atoms with Crippen molar-refractivity contribution in [1.29, 1.82) is 0 Å². The molecule has 25 heavy (non-hydrogen) atoms. The standard InChI is InChI=1S/C19H16N2O4/c22-19(23)12-6-9-17-16(10-12)14-2-1-3-15(14)18(20-17)11-4-7-13(8-5-11)21(24)25/h1-2,4-10,14-15,18,20H,3H2,(H,22,23)/p-1/t14-,15+,18-/m0/s1. The highest BCUT2D eigenvalue weighted by Gasteiger charge is 2.38. The Morgan fingerprint density at radius 2 is 1.92 bits per heavy atom. The van der Waals surface area contributed by atoms with Gasteiger partial charge in [-0.05, 0) is 41.2 Å². The molecule has 6 nitrogen and oxygen atoms in total. The first-order valence-electron chi connectivity index (χ1n) is 8.07. The fraction of sp³-hybridized carbons (Fsp3) is 0.211. The third-order valence-electron chi connectivity index (χ3n) is 5.06. The van der Waals surface area contributed by atoms with Crippen LogP contribution in [0.25, 0.3) is 0 Å². The minimum atomic E-state index is -1.18. The zero-order valence-corrected chi connectivity index (χ0v) is 13.2. The Morgan fingerprint density at radius 1 is 1.16 bits per heavy atom. The molecule has 3 atom stereocenters. The lowest BCUT2D eigenvalue weighted by molar-refractivity contribution is -0.384. The second kappa shape index (κ2) is 5.73. The normalized spacial score (nSPS) is 23.4. The summed E-state index contributed by atoms with van der Waals surface area (Å²) in [5.74, 6) is -0.819. The summed E-state index contributed by atoms with van der Waals surface area (Å²) in [6, 6.07) is 11.6. The highest BCUT2D eigenvalue weighted by Crippen LogP contribution is 2.49. The number of anilines is 1. The molecule has 0 bridgehead atoms. The molecule has 0 saturated carbocycles. The average molecular weight is 335 g/mol. The monoisotopic (exact) mass is 335 g/mol. The number of benzene rings is 2. The van der Waals surface area contributed by atoms with E-state index in [1.807, 2.05) is 0 Å². The van der Waals surface area contributed by atoms with Crippen LogP contribution in [0.2, 0.25) is 0 Å². The Bertz CT molecular complexity index is 889. The molecule has 1 heterocycles. The van der Waals surface area contributed by atoms with Crippen molar-refractivity contribution in [2.45, 2.75) is 18.4 Å². The van der Waals surface area contributed by atoms with Crippen LogP contribution in [0.5, 0.6) is 0 Å². The summed E-state index contributed by atoms with van der Waals surface area (Å²) in [7, 11) is 0. The number of fused-ring (bicyclic) bond motifs is 3. The largest absolute Gasteiger partial charge is 0.545 e. The van der Waals surface area contributed by atoms with E-state index in [1.165, 1.54) is 18.2 Å². The number of carbonyl (C=O) groups excluding carboxylic acids is 1. The van der Waals surface area contributed by atoms with Crippen LogP contribution in [0.15, 0.2) is 54.6 Å². The first-order valence-corrected chi connectivity index (χ1v) is 8.07. The average Bonchev–Trinajstić information content (AvgIpc) is 3.10. The van der Waals surface area contributed by atoms with Crippen LogP contribution in [0.3, 0.4) is 0 Å². The molecule has 2 aliphatic rings. The summed E-state index contributed by atoms with van der Waals surface area (Å²) in [5, 5.41) is 25.5. The van der Waals surface area contributed by atoms with Crippen LogP contribution in [0.1, 0.15) is 39.9 Å². The van der Waals surface area contributed by atoms with Gasteiger partial charge in [0.15, 0.2) is 0 Å². The van der Waals surface area contributed by atoms with E-state index in [4.69, 9.17) is 0 Å². The Hall–Kier alpha value is -3.15.